The molecule has 0 fully saturated rings. The topological polar surface area (TPSA) is 17.1 Å². The molecule has 0 saturated heterocycles. The zero-order valence-corrected chi connectivity index (χ0v) is 22.5. The van der Waals surface area contributed by atoms with Gasteiger partial charge in [-0.05, 0) is 92.4 Å². The van der Waals surface area contributed by atoms with Crippen LogP contribution in [-0.4, -0.2) is 0 Å². The van der Waals surface area contributed by atoms with Crippen molar-refractivity contribution in [1.29, 1.82) is 0 Å². The van der Waals surface area contributed by atoms with Crippen LogP contribution in [0.1, 0.15) is 11.1 Å². The van der Waals surface area contributed by atoms with E-state index < -0.39 is 0 Å². The van der Waals surface area contributed by atoms with Gasteiger partial charge in [0, 0.05) is 20.2 Å². The second-order valence-corrected chi connectivity index (χ2v) is 11.5. The van der Waals surface area contributed by atoms with Gasteiger partial charge in [0.1, 0.15) is 0 Å². The first-order chi connectivity index (χ1) is 19.8. The van der Waals surface area contributed by atoms with Crippen molar-refractivity contribution in [2.75, 3.05) is 0 Å². The lowest BCUT2D eigenvalue weighted by Gasteiger charge is -2.21. The molecule has 7 aromatic rings. The van der Waals surface area contributed by atoms with Crippen LogP contribution in [-0.2, 0) is 6.42 Å². The minimum atomic E-state index is 0.103. The Morgan fingerprint density at radius 3 is 1.98 bits per heavy atom. The van der Waals surface area contributed by atoms with Crippen LogP contribution in [0.4, 0.5) is 0 Å². The van der Waals surface area contributed by atoms with Crippen LogP contribution in [0.25, 0.3) is 64.7 Å². The number of hydrogen-bond acceptors (Lipinski definition) is 2. The van der Waals surface area contributed by atoms with E-state index in [2.05, 4.69) is 109 Å². The molecule has 0 bridgehead atoms. The third-order valence-corrected chi connectivity index (χ3v) is 9.27. The van der Waals surface area contributed by atoms with Gasteiger partial charge in [0.2, 0.25) is 0 Å². The van der Waals surface area contributed by atoms with Gasteiger partial charge < -0.3 is 0 Å². The molecule has 1 aliphatic rings. The van der Waals surface area contributed by atoms with Crippen LogP contribution in [0, 0.1) is 0 Å². The molecule has 0 amide bonds. The quantitative estimate of drug-likeness (QED) is 0.209. The molecule has 2 heteroatoms. The molecule has 0 N–H and O–H groups in total. The van der Waals surface area contributed by atoms with E-state index in [0.29, 0.717) is 0 Å². The van der Waals surface area contributed by atoms with Gasteiger partial charge >= 0.3 is 0 Å². The minimum Gasteiger partial charge on any atom is -0.289 e. The van der Waals surface area contributed by atoms with Crippen LogP contribution < -0.4 is 5.43 Å². The number of hydrogen-bond donors (Lipinski definition) is 0. The fourth-order valence-electron chi connectivity index (χ4n) is 6.30. The van der Waals surface area contributed by atoms with Gasteiger partial charge in [0.05, 0.1) is 0 Å². The predicted molar refractivity (Wildman–Crippen MR) is 170 cm³/mol. The Bertz CT molecular complexity index is 2140. The van der Waals surface area contributed by atoms with Crippen LogP contribution >= 0.6 is 11.3 Å². The minimum absolute atomic E-state index is 0.103. The Hall–Kier alpha value is -4.79. The number of fused-ring (bicyclic) bond motifs is 5. The average Bonchev–Trinajstić information content (AvgIpc) is 3.39. The van der Waals surface area contributed by atoms with E-state index in [0.717, 1.165) is 32.2 Å². The fourth-order valence-corrected chi connectivity index (χ4v) is 7.35. The third kappa shape index (κ3) is 3.57. The maximum Gasteiger partial charge on any atom is 0.195 e. The molecule has 40 heavy (non-hydrogen) atoms. The predicted octanol–water partition coefficient (Wildman–Crippen LogP) is 9.99. The number of rotatable bonds is 3. The molecule has 0 atom stereocenters. The summed E-state index contributed by atoms with van der Waals surface area (Å²) >= 11 is 1.69. The van der Waals surface area contributed by atoms with Crippen molar-refractivity contribution in [3.8, 4) is 44.5 Å². The molecule has 6 aromatic carbocycles. The zero-order chi connectivity index (χ0) is 26.6. The van der Waals surface area contributed by atoms with Crippen molar-refractivity contribution in [2.45, 2.75) is 6.42 Å². The SMILES string of the molecule is O=c1c2ccccc2sc2ccc(-c3c4c(cc(-c5ccccc5)c3-c3ccccc3)-c3ccccc3C4)cc12. The molecular weight excluding hydrogens is 504 g/mol. The highest BCUT2D eigenvalue weighted by Crippen LogP contribution is 2.50. The molecule has 1 nitrogen and oxygen atoms in total. The van der Waals surface area contributed by atoms with E-state index >= 15 is 0 Å². The van der Waals surface area contributed by atoms with Gasteiger partial charge in [-0.15, -0.1) is 11.3 Å². The molecule has 8 rings (SSSR count). The van der Waals surface area contributed by atoms with Gasteiger partial charge in [-0.3, -0.25) is 4.79 Å². The summed E-state index contributed by atoms with van der Waals surface area (Å²) in [5.74, 6) is 0. The summed E-state index contributed by atoms with van der Waals surface area (Å²) in [6, 6.07) is 46.9. The summed E-state index contributed by atoms with van der Waals surface area (Å²) in [7, 11) is 0. The maximum absolute atomic E-state index is 13.7. The van der Waals surface area contributed by atoms with Gasteiger partial charge in [-0.1, -0.05) is 103 Å². The van der Waals surface area contributed by atoms with Crippen molar-refractivity contribution in [1.82, 2.24) is 0 Å². The second kappa shape index (κ2) is 9.15. The third-order valence-electron chi connectivity index (χ3n) is 8.12. The Morgan fingerprint density at radius 2 is 1.15 bits per heavy atom. The second-order valence-electron chi connectivity index (χ2n) is 10.4. The monoisotopic (exact) mass is 528 g/mol. The van der Waals surface area contributed by atoms with E-state index in [1.807, 2.05) is 24.3 Å². The lowest BCUT2D eigenvalue weighted by molar-refractivity contribution is 1.26. The Morgan fingerprint density at radius 1 is 0.475 bits per heavy atom. The molecule has 1 aromatic heterocycles. The van der Waals surface area contributed by atoms with Gasteiger partial charge in [0.15, 0.2) is 5.43 Å². The molecule has 1 heterocycles. The van der Waals surface area contributed by atoms with Crippen molar-refractivity contribution in [3.63, 3.8) is 0 Å². The Kier molecular flexibility index (Phi) is 5.29. The lowest BCUT2D eigenvalue weighted by atomic mass is 9.82. The first-order valence-electron chi connectivity index (χ1n) is 13.6. The van der Waals surface area contributed by atoms with Crippen molar-refractivity contribution in [2.24, 2.45) is 0 Å². The molecule has 0 aliphatic heterocycles. The Labute approximate surface area is 236 Å². The largest absolute Gasteiger partial charge is 0.289 e. The molecule has 0 radical (unpaired) electrons. The molecule has 1 aliphatic carbocycles. The first-order valence-corrected chi connectivity index (χ1v) is 14.4. The maximum atomic E-state index is 13.7. The van der Waals surface area contributed by atoms with Crippen LogP contribution in [0.15, 0.2) is 138 Å². The van der Waals surface area contributed by atoms with Gasteiger partial charge in [-0.25, -0.2) is 0 Å². The van der Waals surface area contributed by atoms with E-state index in [4.69, 9.17) is 0 Å². The van der Waals surface area contributed by atoms with Crippen LogP contribution in [0.3, 0.4) is 0 Å². The average molecular weight is 529 g/mol. The molecule has 0 saturated carbocycles. The van der Waals surface area contributed by atoms with Crippen molar-refractivity contribution >= 4 is 31.5 Å². The first kappa shape index (κ1) is 23.1. The summed E-state index contributed by atoms with van der Waals surface area (Å²) in [5.41, 5.74) is 12.5. The Balaban J connectivity index is 1.51. The normalized spacial score (nSPS) is 12.0. The zero-order valence-electron chi connectivity index (χ0n) is 21.7. The molecule has 0 spiro atoms. The lowest BCUT2D eigenvalue weighted by Crippen LogP contribution is -2.02. The van der Waals surface area contributed by atoms with E-state index in [-0.39, 0.29) is 5.43 Å². The summed E-state index contributed by atoms with van der Waals surface area (Å²) < 4.78 is 2.05. The fraction of sp³-hybridized carbons (Fsp3) is 0.0263. The summed E-state index contributed by atoms with van der Waals surface area (Å²) in [4.78, 5) is 13.7. The molecule has 0 unspecified atom stereocenters. The van der Waals surface area contributed by atoms with Crippen molar-refractivity contribution in [3.05, 3.63) is 155 Å². The molecule has 188 valence electrons. The smallest absolute Gasteiger partial charge is 0.195 e. The summed E-state index contributed by atoms with van der Waals surface area (Å²) in [6.45, 7) is 0. The van der Waals surface area contributed by atoms with E-state index in [9.17, 15) is 4.79 Å². The van der Waals surface area contributed by atoms with Crippen LogP contribution in [0.2, 0.25) is 0 Å². The highest BCUT2D eigenvalue weighted by molar-refractivity contribution is 7.24. The number of benzene rings is 6. The summed E-state index contributed by atoms with van der Waals surface area (Å²) in [5, 5.41) is 1.57. The van der Waals surface area contributed by atoms with Crippen LogP contribution in [0.5, 0.6) is 0 Å². The standard InChI is InChI=1S/C38H24OS/c39-38-29-17-9-10-18-34(29)40-35-20-19-27(22-33(35)38)37-32-21-26-15-7-8-16-28(26)31(32)23-30(24-11-3-1-4-12-24)36(37)25-13-5-2-6-14-25/h1-20,22-23H,21H2. The molecular formula is C38H24OS. The van der Waals surface area contributed by atoms with E-state index in [1.54, 1.807) is 11.3 Å². The highest BCUT2D eigenvalue weighted by atomic mass is 32.1. The van der Waals surface area contributed by atoms with E-state index in [1.165, 1.54) is 50.1 Å². The summed E-state index contributed by atoms with van der Waals surface area (Å²) in [6.07, 6.45) is 0.873. The van der Waals surface area contributed by atoms with Gasteiger partial charge in [-0.2, -0.15) is 0 Å². The highest BCUT2D eigenvalue weighted by Gasteiger charge is 2.27. The van der Waals surface area contributed by atoms with Crippen molar-refractivity contribution < 1.29 is 0 Å². The van der Waals surface area contributed by atoms with Gasteiger partial charge in [0.25, 0.3) is 0 Å².